The number of rotatable bonds is 8. The van der Waals surface area contributed by atoms with E-state index in [1.165, 1.54) is 13.3 Å². The molecule has 1 N–H and O–H groups in total. The molecule has 0 aliphatic carbocycles. The molecule has 2 aromatic carbocycles. The summed E-state index contributed by atoms with van der Waals surface area (Å²) in [6.07, 6.45) is 1.53. The summed E-state index contributed by atoms with van der Waals surface area (Å²) in [6.45, 7) is 3.98. The van der Waals surface area contributed by atoms with Crippen LogP contribution in [0, 0.1) is 5.92 Å². The summed E-state index contributed by atoms with van der Waals surface area (Å²) in [5.41, 5.74) is 4.20. The topological polar surface area (TPSA) is 69.2 Å². The van der Waals surface area contributed by atoms with Crippen molar-refractivity contribution in [3.8, 4) is 17.2 Å². The van der Waals surface area contributed by atoms with Crippen molar-refractivity contribution in [2.75, 3.05) is 21.3 Å². The van der Waals surface area contributed by atoms with Gasteiger partial charge in [0.1, 0.15) is 0 Å². The van der Waals surface area contributed by atoms with Crippen LogP contribution in [0.4, 0.5) is 0 Å². The average Bonchev–Trinajstić information content (AvgIpc) is 2.68. The number of carbonyl (C=O) groups is 1. The molecule has 0 spiro atoms. The van der Waals surface area contributed by atoms with Gasteiger partial charge < -0.3 is 14.2 Å². The minimum absolute atomic E-state index is 0.0950. The van der Waals surface area contributed by atoms with Crippen molar-refractivity contribution in [2.45, 2.75) is 19.8 Å². The van der Waals surface area contributed by atoms with E-state index in [2.05, 4.69) is 10.5 Å². The minimum atomic E-state index is -0.339. The number of nitrogens with one attached hydrogen (secondary N) is 1. The van der Waals surface area contributed by atoms with Crippen molar-refractivity contribution in [1.29, 1.82) is 0 Å². The summed E-state index contributed by atoms with van der Waals surface area (Å²) in [4.78, 5) is 12.7. The van der Waals surface area contributed by atoms with Crippen LogP contribution in [-0.2, 0) is 4.79 Å². The Morgan fingerprint density at radius 2 is 1.61 bits per heavy atom. The Hall–Kier alpha value is -2.73. The molecular formula is C21H25ClN2O4. The average molecular weight is 405 g/mol. The highest BCUT2D eigenvalue weighted by Gasteiger charge is 2.24. The number of ether oxygens (including phenoxy) is 3. The molecule has 0 saturated heterocycles. The molecule has 1 atom stereocenters. The van der Waals surface area contributed by atoms with Gasteiger partial charge in [0.05, 0.1) is 33.5 Å². The fourth-order valence-electron chi connectivity index (χ4n) is 2.93. The Morgan fingerprint density at radius 1 is 1.04 bits per heavy atom. The van der Waals surface area contributed by atoms with Gasteiger partial charge in [-0.05, 0) is 35.7 Å². The molecule has 1 amide bonds. The number of hydrazone groups is 1. The Bertz CT molecular complexity index is 810. The van der Waals surface area contributed by atoms with Crippen molar-refractivity contribution in [2.24, 2.45) is 11.0 Å². The van der Waals surface area contributed by atoms with E-state index in [9.17, 15) is 4.79 Å². The highest BCUT2D eigenvalue weighted by molar-refractivity contribution is 6.30. The second-order valence-corrected chi connectivity index (χ2v) is 6.90. The van der Waals surface area contributed by atoms with E-state index < -0.39 is 0 Å². The van der Waals surface area contributed by atoms with Crippen LogP contribution in [-0.4, -0.2) is 33.5 Å². The van der Waals surface area contributed by atoms with Crippen molar-refractivity contribution >= 4 is 23.7 Å². The minimum Gasteiger partial charge on any atom is -0.493 e. The summed E-state index contributed by atoms with van der Waals surface area (Å²) < 4.78 is 15.9. The lowest BCUT2D eigenvalue weighted by atomic mass is 9.88. The molecular weight excluding hydrogens is 380 g/mol. The van der Waals surface area contributed by atoms with Gasteiger partial charge in [0.25, 0.3) is 0 Å². The molecule has 1 unspecified atom stereocenters. The highest BCUT2D eigenvalue weighted by atomic mass is 35.5. The molecule has 28 heavy (non-hydrogen) atoms. The normalized spacial score (nSPS) is 12.1. The second-order valence-electron chi connectivity index (χ2n) is 6.47. The summed E-state index contributed by atoms with van der Waals surface area (Å²) >= 11 is 5.94. The SMILES string of the molecule is COc1cc(C=NNC(=O)C(c2ccc(Cl)cc2)C(C)C)cc(OC)c1OC. The number of carbonyl (C=O) groups excluding carboxylic acids is 1. The molecule has 2 aromatic rings. The fourth-order valence-corrected chi connectivity index (χ4v) is 3.05. The van der Waals surface area contributed by atoms with Crippen molar-refractivity contribution < 1.29 is 19.0 Å². The molecule has 0 aliphatic heterocycles. The molecule has 0 radical (unpaired) electrons. The van der Waals surface area contributed by atoms with E-state index in [0.29, 0.717) is 27.8 Å². The van der Waals surface area contributed by atoms with Gasteiger partial charge in [-0.2, -0.15) is 5.10 Å². The number of nitrogens with zero attached hydrogens (tertiary/aromatic N) is 1. The zero-order chi connectivity index (χ0) is 20.7. The number of hydrogen-bond donors (Lipinski definition) is 1. The van der Waals surface area contributed by atoms with E-state index in [1.807, 2.05) is 26.0 Å². The van der Waals surface area contributed by atoms with Crippen molar-refractivity contribution in [3.63, 3.8) is 0 Å². The van der Waals surface area contributed by atoms with E-state index >= 15 is 0 Å². The maximum atomic E-state index is 12.7. The third kappa shape index (κ3) is 5.16. The summed E-state index contributed by atoms with van der Waals surface area (Å²) in [5.74, 6) is 1.08. The summed E-state index contributed by atoms with van der Waals surface area (Å²) in [6, 6.07) is 10.8. The monoisotopic (exact) mass is 404 g/mol. The zero-order valence-corrected chi connectivity index (χ0v) is 17.4. The Kier molecular flexibility index (Phi) is 7.70. The third-order valence-electron chi connectivity index (χ3n) is 4.25. The van der Waals surface area contributed by atoms with Crippen LogP contribution < -0.4 is 19.6 Å². The number of hydrogen-bond acceptors (Lipinski definition) is 5. The molecule has 6 nitrogen and oxygen atoms in total. The molecule has 0 aliphatic rings. The van der Waals surface area contributed by atoms with Crippen molar-refractivity contribution in [3.05, 3.63) is 52.5 Å². The summed E-state index contributed by atoms with van der Waals surface area (Å²) in [7, 11) is 4.62. The van der Waals surface area contributed by atoms with Crippen LogP contribution in [0.3, 0.4) is 0 Å². The van der Waals surface area contributed by atoms with Gasteiger partial charge in [0.15, 0.2) is 11.5 Å². The molecule has 0 aromatic heterocycles. The largest absolute Gasteiger partial charge is 0.493 e. The molecule has 0 heterocycles. The highest BCUT2D eigenvalue weighted by Crippen LogP contribution is 2.37. The Morgan fingerprint density at radius 3 is 2.07 bits per heavy atom. The van der Waals surface area contributed by atoms with Gasteiger partial charge >= 0.3 is 0 Å². The quantitative estimate of drug-likeness (QED) is 0.527. The number of halogens is 1. The fraction of sp³-hybridized carbons (Fsp3) is 0.333. The van der Waals surface area contributed by atoms with Gasteiger partial charge in [-0.25, -0.2) is 5.43 Å². The van der Waals surface area contributed by atoms with E-state index in [4.69, 9.17) is 25.8 Å². The number of methoxy groups -OCH3 is 3. The molecule has 0 fully saturated rings. The standard InChI is InChI=1S/C21H25ClN2O4/c1-13(2)19(15-6-8-16(22)9-7-15)21(25)24-23-12-14-10-17(26-3)20(28-5)18(11-14)27-4/h6-13,19H,1-5H3,(H,24,25). The van der Waals surface area contributed by atoms with Crippen LogP contribution in [0.25, 0.3) is 0 Å². The van der Waals surface area contributed by atoms with E-state index in [0.717, 1.165) is 5.56 Å². The first-order valence-electron chi connectivity index (χ1n) is 8.79. The number of amides is 1. The van der Waals surface area contributed by atoms with Gasteiger partial charge in [-0.3, -0.25) is 4.79 Å². The van der Waals surface area contributed by atoms with Crippen LogP contribution in [0.15, 0.2) is 41.5 Å². The van der Waals surface area contributed by atoms with Crippen LogP contribution in [0.5, 0.6) is 17.2 Å². The van der Waals surface area contributed by atoms with E-state index in [-0.39, 0.29) is 17.7 Å². The van der Waals surface area contributed by atoms with Crippen LogP contribution in [0.1, 0.15) is 30.9 Å². The van der Waals surface area contributed by atoms with Crippen LogP contribution in [0.2, 0.25) is 5.02 Å². The molecule has 150 valence electrons. The van der Waals surface area contributed by atoms with Gasteiger partial charge in [0, 0.05) is 10.6 Å². The predicted octanol–water partition coefficient (Wildman–Crippen LogP) is 4.26. The van der Waals surface area contributed by atoms with Crippen molar-refractivity contribution in [1.82, 2.24) is 5.43 Å². The van der Waals surface area contributed by atoms with Gasteiger partial charge in [-0.15, -0.1) is 0 Å². The Labute approximate surface area is 170 Å². The maximum Gasteiger partial charge on any atom is 0.247 e. The molecule has 7 heteroatoms. The molecule has 0 bridgehead atoms. The first-order chi connectivity index (χ1) is 13.4. The smallest absolute Gasteiger partial charge is 0.247 e. The molecule has 0 saturated carbocycles. The first kappa shape index (κ1) is 21.6. The van der Waals surface area contributed by atoms with Gasteiger partial charge in [0.2, 0.25) is 11.7 Å². The summed E-state index contributed by atoms with van der Waals surface area (Å²) in [5, 5.41) is 4.72. The lowest BCUT2D eigenvalue weighted by Gasteiger charge is -2.19. The van der Waals surface area contributed by atoms with E-state index in [1.54, 1.807) is 38.5 Å². The second kappa shape index (κ2) is 9.99. The maximum absolute atomic E-state index is 12.7. The number of benzene rings is 2. The third-order valence-corrected chi connectivity index (χ3v) is 4.51. The zero-order valence-electron chi connectivity index (χ0n) is 16.7. The predicted molar refractivity (Wildman–Crippen MR) is 111 cm³/mol. The van der Waals surface area contributed by atoms with Gasteiger partial charge in [-0.1, -0.05) is 37.6 Å². The first-order valence-corrected chi connectivity index (χ1v) is 9.17. The Balaban J connectivity index is 2.18. The van der Waals surface area contributed by atoms with Crippen LogP contribution >= 0.6 is 11.6 Å². The molecule has 2 rings (SSSR count). The lowest BCUT2D eigenvalue weighted by Crippen LogP contribution is -2.28. The lowest BCUT2D eigenvalue weighted by molar-refractivity contribution is -0.123.